The van der Waals surface area contributed by atoms with E-state index in [1.165, 1.54) is 12.1 Å². The molecule has 0 aliphatic rings. The molecule has 0 saturated carbocycles. The minimum absolute atomic E-state index is 0.0770. The molecule has 0 heterocycles. The highest BCUT2D eigenvalue weighted by atomic mass is 35.5. The normalized spacial score (nSPS) is 10.2. The summed E-state index contributed by atoms with van der Waals surface area (Å²) < 4.78 is 10.6. The molecule has 0 aliphatic carbocycles. The van der Waals surface area contributed by atoms with Gasteiger partial charge in [-0.1, -0.05) is 23.2 Å². The molecule has 0 fully saturated rings. The van der Waals surface area contributed by atoms with Crippen molar-refractivity contribution in [3.63, 3.8) is 0 Å². The lowest BCUT2D eigenvalue weighted by molar-refractivity contribution is 0.413. The van der Waals surface area contributed by atoms with Gasteiger partial charge in [0.2, 0.25) is 0 Å². The van der Waals surface area contributed by atoms with Gasteiger partial charge in [-0.2, -0.15) is 0 Å². The summed E-state index contributed by atoms with van der Waals surface area (Å²) in [5.41, 5.74) is 0. The van der Waals surface area contributed by atoms with E-state index in [1.807, 2.05) is 0 Å². The van der Waals surface area contributed by atoms with Crippen molar-refractivity contribution >= 4 is 23.2 Å². The van der Waals surface area contributed by atoms with Crippen LogP contribution in [0.2, 0.25) is 10.0 Å². The predicted octanol–water partition coefficient (Wildman–Crippen LogP) is 4.50. The number of hydrogen-bond donors (Lipinski definition) is 1. The predicted molar refractivity (Wildman–Crippen MR) is 71.2 cm³/mol. The van der Waals surface area contributed by atoms with Crippen LogP contribution < -0.4 is 9.47 Å². The molecule has 0 atom stereocenters. The second kappa shape index (κ2) is 5.38. The van der Waals surface area contributed by atoms with Gasteiger partial charge < -0.3 is 14.6 Å². The summed E-state index contributed by atoms with van der Waals surface area (Å²) in [7, 11) is 1.56. The third-order valence-electron chi connectivity index (χ3n) is 2.27. The van der Waals surface area contributed by atoms with Crippen molar-refractivity contribution in [3.8, 4) is 23.0 Å². The van der Waals surface area contributed by atoms with Gasteiger partial charge in [-0.05, 0) is 24.3 Å². The molecule has 0 unspecified atom stereocenters. The molecule has 3 nitrogen and oxygen atoms in total. The van der Waals surface area contributed by atoms with Gasteiger partial charge in [-0.15, -0.1) is 0 Å². The largest absolute Gasteiger partial charge is 0.508 e. The number of ether oxygens (including phenoxy) is 2. The quantitative estimate of drug-likeness (QED) is 0.902. The van der Waals surface area contributed by atoms with Crippen LogP contribution in [-0.2, 0) is 0 Å². The van der Waals surface area contributed by atoms with Gasteiger partial charge in [-0.3, -0.25) is 0 Å². The van der Waals surface area contributed by atoms with E-state index in [0.29, 0.717) is 27.3 Å². The van der Waals surface area contributed by atoms with Crippen LogP contribution in [0.1, 0.15) is 0 Å². The van der Waals surface area contributed by atoms with E-state index in [-0.39, 0.29) is 5.75 Å². The van der Waals surface area contributed by atoms with Crippen LogP contribution in [0.5, 0.6) is 23.0 Å². The first kappa shape index (κ1) is 12.9. The maximum absolute atomic E-state index is 9.24. The molecule has 94 valence electrons. The van der Waals surface area contributed by atoms with Crippen LogP contribution in [0.4, 0.5) is 0 Å². The van der Waals surface area contributed by atoms with Crippen molar-refractivity contribution in [3.05, 3.63) is 46.4 Å². The number of methoxy groups -OCH3 is 1. The lowest BCUT2D eigenvalue weighted by atomic mass is 10.3. The fourth-order valence-electron chi connectivity index (χ4n) is 1.38. The van der Waals surface area contributed by atoms with Crippen molar-refractivity contribution in [1.29, 1.82) is 0 Å². The molecular weight excluding hydrogens is 275 g/mol. The number of phenols is 1. The smallest absolute Gasteiger partial charge is 0.146 e. The van der Waals surface area contributed by atoms with Crippen LogP contribution in [0.3, 0.4) is 0 Å². The summed E-state index contributed by atoms with van der Waals surface area (Å²) in [6.45, 7) is 0. The van der Waals surface area contributed by atoms with Crippen LogP contribution in [-0.4, -0.2) is 12.2 Å². The number of benzene rings is 2. The van der Waals surface area contributed by atoms with Crippen LogP contribution in [0.15, 0.2) is 36.4 Å². The van der Waals surface area contributed by atoms with Crippen molar-refractivity contribution in [2.75, 3.05) is 7.11 Å². The average molecular weight is 285 g/mol. The summed E-state index contributed by atoms with van der Waals surface area (Å²) in [6.07, 6.45) is 0. The Balaban J connectivity index is 2.28. The molecule has 0 saturated heterocycles. The maximum atomic E-state index is 9.24. The van der Waals surface area contributed by atoms with Gasteiger partial charge in [0.15, 0.2) is 0 Å². The number of hydrogen-bond acceptors (Lipinski definition) is 3. The molecule has 0 aliphatic heterocycles. The molecule has 1 N–H and O–H groups in total. The van der Waals surface area contributed by atoms with Crippen LogP contribution >= 0.6 is 23.2 Å². The monoisotopic (exact) mass is 284 g/mol. The van der Waals surface area contributed by atoms with Gasteiger partial charge in [0, 0.05) is 12.1 Å². The maximum Gasteiger partial charge on any atom is 0.146 e. The lowest BCUT2D eigenvalue weighted by Crippen LogP contribution is -1.88. The lowest BCUT2D eigenvalue weighted by Gasteiger charge is -2.10. The molecule has 0 spiro atoms. The van der Waals surface area contributed by atoms with Crippen molar-refractivity contribution in [2.24, 2.45) is 0 Å². The van der Waals surface area contributed by atoms with E-state index >= 15 is 0 Å². The molecule has 0 aromatic heterocycles. The molecule has 18 heavy (non-hydrogen) atoms. The molecule has 0 bridgehead atoms. The molecule has 0 radical (unpaired) electrons. The first-order valence-electron chi connectivity index (χ1n) is 5.10. The number of aromatic hydroxyl groups is 1. The Morgan fingerprint density at radius 2 is 1.56 bits per heavy atom. The van der Waals surface area contributed by atoms with Crippen molar-refractivity contribution in [2.45, 2.75) is 0 Å². The van der Waals surface area contributed by atoms with E-state index in [4.69, 9.17) is 32.7 Å². The fourth-order valence-corrected chi connectivity index (χ4v) is 1.80. The SMILES string of the molecule is COc1ccc(Oc2ccc(O)cc2Cl)c(Cl)c1. The first-order valence-corrected chi connectivity index (χ1v) is 5.85. The van der Waals surface area contributed by atoms with Crippen molar-refractivity contribution < 1.29 is 14.6 Å². The van der Waals surface area contributed by atoms with Gasteiger partial charge in [0.1, 0.15) is 23.0 Å². The highest BCUT2D eigenvalue weighted by molar-refractivity contribution is 6.33. The topological polar surface area (TPSA) is 38.7 Å². The average Bonchev–Trinajstić information content (AvgIpc) is 2.34. The molecule has 2 aromatic rings. The van der Waals surface area contributed by atoms with Gasteiger partial charge >= 0.3 is 0 Å². The van der Waals surface area contributed by atoms with E-state index in [2.05, 4.69) is 0 Å². The number of rotatable bonds is 3. The standard InChI is InChI=1S/C13H10Cl2O3/c1-17-9-3-5-13(11(15)7-9)18-12-4-2-8(16)6-10(12)14/h2-7,16H,1H3. The molecular formula is C13H10Cl2O3. The molecule has 2 aromatic carbocycles. The van der Waals surface area contributed by atoms with Gasteiger partial charge in [-0.25, -0.2) is 0 Å². The second-order valence-electron chi connectivity index (χ2n) is 3.51. The fraction of sp³-hybridized carbons (Fsp3) is 0.0769. The minimum atomic E-state index is 0.0770. The third-order valence-corrected chi connectivity index (χ3v) is 2.87. The van der Waals surface area contributed by atoms with Crippen LogP contribution in [0.25, 0.3) is 0 Å². The Bertz CT molecular complexity index is 570. The zero-order valence-corrected chi connectivity index (χ0v) is 11.0. The zero-order chi connectivity index (χ0) is 13.1. The second-order valence-corrected chi connectivity index (χ2v) is 4.33. The van der Waals surface area contributed by atoms with E-state index < -0.39 is 0 Å². The zero-order valence-electron chi connectivity index (χ0n) is 9.48. The Morgan fingerprint density at radius 1 is 0.944 bits per heavy atom. The van der Waals surface area contributed by atoms with Crippen molar-refractivity contribution in [1.82, 2.24) is 0 Å². The Morgan fingerprint density at radius 3 is 2.11 bits per heavy atom. The molecule has 5 heteroatoms. The highest BCUT2D eigenvalue weighted by Crippen LogP contribution is 2.36. The Labute approximate surface area is 114 Å². The summed E-state index contributed by atoms with van der Waals surface area (Å²) in [5, 5.41) is 9.97. The minimum Gasteiger partial charge on any atom is -0.508 e. The van der Waals surface area contributed by atoms with Crippen LogP contribution in [0, 0.1) is 0 Å². The van der Waals surface area contributed by atoms with E-state index in [9.17, 15) is 5.11 Å². The molecule has 2 rings (SSSR count). The van der Waals surface area contributed by atoms with E-state index in [0.717, 1.165) is 0 Å². The summed E-state index contributed by atoms with van der Waals surface area (Å²) >= 11 is 12.0. The van der Waals surface area contributed by atoms with Gasteiger partial charge in [0.05, 0.1) is 17.2 Å². The first-order chi connectivity index (χ1) is 8.60. The summed E-state index contributed by atoms with van der Waals surface area (Å²) in [5.74, 6) is 1.60. The highest BCUT2D eigenvalue weighted by Gasteiger charge is 2.08. The number of phenolic OH excluding ortho intramolecular Hbond substituents is 1. The Kier molecular flexibility index (Phi) is 3.84. The summed E-state index contributed by atoms with van der Waals surface area (Å²) in [6, 6.07) is 9.51. The third kappa shape index (κ3) is 2.81. The van der Waals surface area contributed by atoms with Gasteiger partial charge in [0.25, 0.3) is 0 Å². The number of halogens is 2. The molecule has 0 amide bonds. The summed E-state index contributed by atoms with van der Waals surface area (Å²) in [4.78, 5) is 0. The Hall–Kier alpha value is -1.58. The van der Waals surface area contributed by atoms with E-state index in [1.54, 1.807) is 31.4 Å².